The van der Waals surface area contributed by atoms with Crippen molar-refractivity contribution in [1.82, 2.24) is 0 Å². The summed E-state index contributed by atoms with van der Waals surface area (Å²) in [6.07, 6.45) is 29.7. The fourth-order valence-corrected chi connectivity index (χ4v) is 3.88. The molecule has 1 nitrogen and oxygen atoms in total. The average molecular weight is 369 g/mol. The molecule has 0 amide bonds. The summed E-state index contributed by atoms with van der Waals surface area (Å²) in [5.41, 5.74) is 0. The number of hydrogen-bond acceptors (Lipinski definition) is 1. The van der Waals surface area contributed by atoms with Gasteiger partial charge in [0.05, 0.1) is 6.10 Å². The molecule has 0 bridgehead atoms. The second-order valence-electron chi connectivity index (χ2n) is 8.60. The van der Waals surface area contributed by atoms with Gasteiger partial charge < -0.3 is 5.11 Å². The maximum Gasteiger partial charge on any atom is 0.0540 e. The van der Waals surface area contributed by atoms with E-state index in [1.165, 1.54) is 128 Å². The van der Waals surface area contributed by atoms with Gasteiger partial charge in [-0.2, -0.15) is 0 Å². The van der Waals surface area contributed by atoms with Crippen LogP contribution in [0.15, 0.2) is 0 Å². The van der Waals surface area contributed by atoms with E-state index < -0.39 is 0 Å². The van der Waals surface area contributed by atoms with Gasteiger partial charge in [0.2, 0.25) is 0 Å². The molecule has 1 N–H and O–H groups in total. The van der Waals surface area contributed by atoms with Crippen LogP contribution in [0.3, 0.4) is 0 Å². The van der Waals surface area contributed by atoms with Crippen LogP contribution in [0.4, 0.5) is 0 Å². The molecule has 1 heteroatoms. The van der Waals surface area contributed by atoms with E-state index in [9.17, 15) is 5.11 Å². The molecular weight excluding hydrogens is 316 g/mol. The van der Waals surface area contributed by atoms with Crippen LogP contribution in [-0.4, -0.2) is 11.2 Å². The highest BCUT2D eigenvalue weighted by Gasteiger charge is 2.03. The van der Waals surface area contributed by atoms with Crippen molar-refractivity contribution in [3.63, 3.8) is 0 Å². The van der Waals surface area contributed by atoms with Gasteiger partial charge >= 0.3 is 0 Å². The first kappa shape index (κ1) is 26.0. The molecule has 158 valence electrons. The van der Waals surface area contributed by atoms with E-state index in [1.54, 1.807) is 0 Å². The standard InChI is InChI=1S/C25H52O/c1-3-5-7-9-11-13-14-16-18-20-22-24-25(26)23-21-19-17-15-12-10-8-6-4-2/h25-26H,3-24H2,1-2H3. The Labute approximate surface area is 166 Å². The van der Waals surface area contributed by atoms with Gasteiger partial charge in [-0.1, -0.05) is 142 Å². The second kappa shape index (κ2) is 23.0. The van der Waals surface area contributed by atoms with E-state index in [1.807, 2.05) is 0 Å². The molecule has 1 unspecified atom stereocenters. The highest BCUT2D eigenvalue weighted by atomic mass is 16.3. The van der Waals surface area contributed by atoms with E-state index in [-0.39, 0.29) is 6.10 Å². The van der Waals surface area contributed by atoms with Crippen molar-refractivity contribution in [1.29, 1.82) is 0 Å². The van der Waals surface area contributed by atoms with Gasteiger partial charge in [-0.05, 0) is 12.8 Å². The zero-order valence-electron chi connectivity index (χ0n) is 18.6. The Morgan fingerprint density at radius 3 is 0.885 bits per heavy atom. The van der Waals surface area contributed by atoms with Crippen LogP contribution in [0.5, 0.6) is 0 Å². The van der Waals surface area contributed by atoms with Crippen molar-refractivity contribution >= 4 is 0 Å². The predicted octanol–water partition coefficient (Wildman–Crippen LogP) is 8.97. The van der Waals surface area contributed by atoms with Crippen molar-refractivity contribution in [2.24, 2.45) is 0 Å². The summed E-state index contributed by atoms with van der Waals surface area (Å²) < 4.78 is 0. The number of unbranched alkanes of at least 4 members (excludes halogenated alkanes) is 18. The quantitative estimate of drug-likeness (QED) is 0.189. The minimum atomic E-state index is -0.0295. The zero-order valence-corrected chi connectivity index (χ0v) is 18.6. The maximum absolute atomic E-state index is 10.1. The van der Waals surface area contributed by atoms with Crippen LogP contribution in [0.2, 0.25) is 0 Å². The summed E-state index contributed by atoms with van der Waals surface area (Å²) in [6.45, 7) is 4.56. The van der Waals surface area contributed by atoms with Crippen LogP contribution in [0.25, 0.3) is 0 Å². The number of hydrogen-bond donors (Lipinski definition) is 1. The molecular formula is C25H52O. The van der Waals surface area contributed by atoms with Crippen LogP contribution >= 0.6 is 0 Å². The van der Waals surface area contributed by atoms with Gasteiger partial charge in [0.1, 0.15) is 0 Å². The number of aliphatic hydroxyl groups excluding tert-OH is 1. The highest BCUT2D eigenvalue weighted by molar-refractivity contribution is 4.58. The lowest BCUT2D eigenvalue weighted by molar-refractivity contribution is 0.147. The van der Waals surface area contributed by atoms with Gasteiger partial charge in [-0.15, -0.1) is 0 Å². The largest absolute Gasteiger partial charge is 0.393 e. The Morgan fingerprint density at radius 1 is 0.385 bits per heavy atom. The van der Waals surface area contributed by atoms with Gasteiger partial charge in [-0.25, -0.2) is 0 Å². The molecule has 0 aromatic rings. The third-order valence-corrected chi connectivity index (χ3v) is 5.78. The number of rotatable bonds is 22. The molecule has 0 aromatic carbocycles. The second-order valence-corrected chi connectivity index (χ2v) is 8.60. The summed E-state index contributed by atoms with van der Waals surface area (Å²) in [5, 5.41) is 10.1. The van der Waals surface area contributed by atoms with E-state index in [2.05, 4.69) is 13.8 Å². The van der Waals surface area contributed by atoms with E-state index in [4.69, 9.17) is 0 Å². The average Bonchev–Trinajstić information content (AvgIpc) is 2.64. The van der Waals surface area contributed by atoms with E-state index in [0.717, 1.165) is 12.8 Å². The monoisotopic (exact) mass is 368 g/mol. The molecule has 0 spiro atoms. The molecule has 1 atom stereocenters. The number of aliphatic hydroxyl groups is 1. The lowest BCUT2D eigenvalue weighted by Crippen LogP contribution is -2.05. The fraction of sp³-hybridized carbons (Fsp3) is 1.00. The Bertz CT molecular complexity index is 238. The first-order valence-corrected chi connectivity index (χ1v) is 12.5. The lowest BCUT2D eigenvalue weighted by Gasteiger charge is -2.10. The van der Waals surface area contributed by atoms with Crippen LogP contribution in [-0.2, 0) is 0 Å². The van der Waals surface area contributed by atoms with E-state index in [0.29, 0.717) is 0 Å². The molecule has 0 aliphatic carbocycles. The SMILES string of the molecule is CCCCCCCCCCCCCC(O)CCCCCCCCCCC. The molecule has 0 aromatic heterocycles. The summed E-state index contributed by atoms with van der Waals surface area (Å²) in [7, 11) is 0. The van der Waals surface area contributed by atoms with Gasteiger partial charge in [0.15, 0.2) is 0 Å². The smallest absolute Gasteiger partial charge is 0.0540 e. The third-order valence-electron chi connectivity index (χ3n) is 5.78. The molecule has 0 aliphatic heterocycles. The van der Waals surface area contributed by atoms with E-state index >= 15 is 0 Å². The molecule has 0 radical (unpaired) electrons. The molecule has 26 heavy (non-hydrogen) atoms. The Kier molecular flexibility index (Phi) is 23.0. The Balaban J connectivity index is 3.12. The minimum absolute atomic E-state index is 0.0295. The topological polar surface area (TPSA) is 20.2 Å². The summed E-state index contributed by atoms with van der Waals surface area (Å²) in [4.78, 5) is 0. The Hall–Kier alpha value is -0.0400. The van der Waals surface area contributed by atoms with Crippen molar-refractivity contribution in [2.45, 2.75) is 161 Å². The summed E-state index contributed by atoms with van der Waals surface area (Å²) in [6, 6.07) is 0. The third kappa shape index (κ3) is 22.0. The fourth-order valence-electron chi connectivity index (χ4n) is 3.88. The van der Waals surface area contributed by atoms with Crippen LogP contribution in [0, 0.1) is 0 Å². The highest BCUT2D eigenvalue weighted by Crippen LogP contribution is 2.15. The normalized spacial score (nSPS) is 12.6. The van der Waals surface area contributed by atoms with Crippen LogP contribution < -0.4 is 0 Å². The lowest BCUT2D eigenvalue weighted by atomic mass is 10.0. The van der Waals surface area contributed by atoms with Gasteiger partial charge in [-0.3, -0.25) is 0 Å². The Morgan fingerprint density at radius 2 is 0.615 bits per heavy atom. The molecule has 0 saturated carbocycles. The molecule has 0 fully saturated rings. The zero-order chi connectivity index (χ0) is 19.1. The van der Waals surface area contributed by atoms with Gasteiger partial charge in [0.25, 0.3) is 0 Å². The maximum atomic E-state index is 10.1. The summed E-state index contributed by atoms with van der Waals surface area (Å²) in [5.74, 6) is 0. The van der Waals surface area contributed by atoms with Crippen molar-refractivity contribution in [3.8, 4) is 0 Å². The van der Waals surface area contributed by atoms with Crippen molar-refractivity contribution in [3.05, 3.63) is 0 Å². The van der Waals surface area contributed by atoms with Crippen molar-refractivity contribution in [2.75, 3.05) is 0 Å². The molecule has 0 heterocycles. The summed E-state index contributed by atoms with van der Waals surface area (Å²) >= 11 is 0. The molecule has 0 aliphatic rings. The van der Waals surface area contributed by atoms with Crippen molar-refractivity contribution < 1.29 is 5.11 Å². The first-order chi connectivity index (χ1) is 12.8. The van der Waals surface area contributed by atoms with Crippen LogP contribution in [0.1, 0.15) is 155 Å². The molecule has 0 saturated heterocycles. The molecule has 0 rings (SSSR count). The first-order valence-electron chi connectivity index (χ1n) is 12.5. The minimum Gasteiger partial charge on any atom is -0.393 e. The van der Waals surface area contributed by atoms with Gasteiger partial charge in [0, 0.05) is 0 Å². The predicted molar refractivity (Wildman–Crippen MR) is 119 cm³/mol.